The fraction of sp³-hybridized carbons (Fsp3) is 0.556. The molecule has 3 rings (SSSR count). The van der Waals surface area contributed by atoms with Crippen LogP contribution in [0.25, 0.3) is 0 Å². The number of piperazine rings is 1. The quantitative estimate of drug-likeness (QED) is 0.881. The highest BCUT2D eigenvalue weighted by molar-refractivity contribution is 5.89. The predicted octanol–water partition coefficient (Wildman–Crippen LogP) is 2.51. The maximum atomic E-state index is 12.7. The summed E-state index contributed by atoms with van der Waals surface area (Å²) in [6, 6.07) is 7.44. The highest BCUT2D eigenvalue weighted by Gasteiger charge is 2.35. The first kappa shape index (κ1) is 15.8. The lowest BCUT2D eigenvalue weighted by atomic mass is 9.95. The van der Waals surface area contributed by atoms with Crippen LogP contribution in [0.2, 0.25) is 0 Å². The number of amides is 3. The van der Waals surface area contributed by atoms with E-state index in [1.807, 2.05) is 31.2 Å². The molecule has 2 fully saturated rings. The van der Waals surface area contributed by atoms with Crippen LogP contribution >= 0.6 is 0 Å². The number of hydrogen-bond donors (Lipinski definition) is 2. The van der Waals surface area contributed by atoms with Crippen LogP contribution in [0.15, 0.2) is 24.3 Å². The minimum atomic E-state index is -0.535. The third-order valence-corrected chi connectivity index (χ3v) is 4.76. The molecule has 23 heavy (non-hydrogen) atoms. The lowest BCUT2D eigenvalue weighted by Crippen LogP contribution is -2.56. The predicted molar refractivity (Wildman–Crippen MR) is 89.0 cm³/mol. The molecule has 1 saturated heterocycles. The lowest BCUT2D eigenvalue weighted by molar-refractivity contribution is -0.127. The van der Waals surface area contributed by atoms with Gasteiger partial charge < -0.3 is 15.5 Å². The normalized spacial score (nSPS) is 22.6. The molecule has 5 heteroatoms. The summed E-state index contributed by atoms with van der Waals surface area (Å²) < 4.78 is 0. The fourth-order valence-electron chi connectivity index (χ4n) is 3.56. The molecule has 124 valence electrons. The van der Waals surface area contributed by atoms with E-state index < -0.39 is 6.04 Å². The van der Waals surface area contributed by atoms with Crippen molar-refractivity contribution < 1.29 is 9.59 Å². The van der Waals surface area contributed by atoms with Crippen molar-refractivity contribution in [3.63, 3.8) is 0 Å². The summed E-state index contributed by atoms with van der Waals surface area (Å²) in [4.78, 5) is 26.8. The van der Waals surface area contributed by atoms with Gasteiger partial charge in [0.1, 0.15) is 6.04 Å². The van der Waals surface area contributed by atoms with Gasteiger partial charge in [-0.3, -0.25) is 4.79 Å². The maximum absolute atomic E-state index is 12.7. The molecular formula is C18H25N3O2. The van der Waals surface area contributed by atoms with Gasteiger partial charge in [0.25, 0.3) is 0 Å². The summed E-state index contributed by atoms with van der Waals surface area (Å²) in [5.41, 5.74) is 1.97. The molecule has 1 aromatic rings. The average molecular weight is 315 g/mol. The third-order valence-electron chi connectivity index (χ3n) is 4.76. The Morgan fingerprint density at radius 2 is 2.04 bits per heavy atom. The molecule has 1 heterocycles. The van der Waals surface area contributed by atoms with Crippen molar-refractivity contribution in [2.45, 2.75) is 51.1 Å². The van der Waals surface area contributed by atoms with Crippen LogP contribution in [0.1, 0.15) is 49.3 Å². The van der Waals surface area contributed by atoms with E-state index in [1.165, 1.54) is 19.3 Å². The smallest absolute Gasteiger partial charge is 0.318 e. The molecule has 1 aliphatic heterocycles. The highest BCUT2D eigenvalue weighted by atomic mass is 16.2. The van der Waals surface area contributed by atoms with E-state index in [9.17, 15) is 9.59 Å². The summed E-state index contributed by atoms with van der Waals surface area (Å²) in [7, 11) is 0. The standard InChI is InChI=1S/C18H25N3O2/c1-13-6-5-7-14(12-13)16-17(22)19-10-11-21(16)18(23)20-15-8-3-2-4-9-15/h5-7,12,15-16H,2-4,8-11H2,1H3,(H,19,22)(H,20,23). The number of aryl methyl sites for hydroxylation is 1. The van der Waals surface area contributed by atoms with E-state index in [4.69, 9.17) is 0 Å². The van der Waals surface area contributed by atoms with Crippen LogP contribution in [0.3, 0.4) is 0 Å². The number of carbonyl (C=O) groups excluding carboxylic acids is 2. The molecule has 1 atom stereocenters. The lowest BCUT2D eigenvalue weighted by Gasteiger charge is -2.36. The molecule has 3 amide bonds. The van der Waals surface area contributed by atoms with Gasteiger partial charge in [-0.25, -0.2) is 4.79 Å². The number of urea groups is 1. The second-order valence-corrected chi connectivity index (χ2v) is 6.59. The molecule has 2 N–H and O–H groups in total. The number of nitrogens with one attached hydrogen (secondary N) is 2. The third kappa shape index (κ3) is 3.66. The van der Waals surface area contributed by atoms with Gasteiger partial charge in [-0.15, -0.1) is 0 Å². The Balaban J connectivity index is 1.77. The molecule has 1 aliphatic carbocycles. The summed E-state index contributed by atoms with van der Waals surface area (Å²) in [6.07, 6.45) is 5.69. The number of hydrogen-bond acceptors (Lipinski definition) is 2. The summed E-state index contributed by atoms with van der Waals surface area (Å²) in [6.45, 7) is 3.05. The van der Waals surface area contributed by atoms with Crippen molar-refractivity contribution in [2.24, 2.45) is 0 Å². The molecule has 0 bridgehead atoms. The maximum Gasteiger partial charge on any atom is 0.318 e. The first-order valence-corrected chi connectivity index (χ1v) is 8.56. The number of carbonyl (C=O) groups is 2. The zero-order valence-electron chi connectivity index (χ0n) is 13.7. The second kappa shape index (κ2) is 7.02. The van der Waals surface area contributed by atoms with Gasteiger partial charge in [0, 0.05) is 19.1 Å². The molecule has 0 radical (unpaired) electrons. The van der Waals surface area contributed by atoms with Crippen LogP contribution in [-0.4, -0.2) is 36.0 Å². The van der Waals surface area contributed by atoms with Gasteiger partial charge in [-0.2, -0.15) is 0 Å². The van der Waals surface area contributed by atoms with Gasteiger partial charge in [-0.1, -0.05) is 49.1 Å². The van der Waals surface area contributed by atoms with Crippen LogP contribution < -0.4 is 10.6 Å². The first-order chi connectivity index (χ1) is 11.1. The Hall–Kier alpha value is -2.04. The molecule has 1 unspecified atom stereocenters. The monoisotopic (exact) mass is 315 g/mol. The minimum absolute atomic E-state index is 0.0966. The Morgan fingerprint density at radius 3 is 2.78 bits per heavy atom. The van der Waals surface area contributed by atoms with E-state index in [-0.39, 0.29) is 18.0 Å². The van der Waals surface area contributed by atoms with Crippen molar-refractivity contribution >= 4 is 11.9 Å². The summed E-state index contributed by atoms with van der Waals surface area (Å²) >= 11 is 0. The van der Waals surface area contributed by atoms with Crippen LogP contribution in [0, 0.1) is 6.92 Å². The van der Waals surface area contributed by atoms with Crippen molar-refractivity contribution in [1.82, 2.24) is 15.5 Å². The van der Waals surface area contributed by atoms with Crippen molar-refractivity contribution in [1.29, 1.82) is 0 Å². The zero-order valence-corrected chi connectivity index (χ0v) is 13.7. The van der Waals surface area contributed by atoms with E-state index in [1.54, 1.807) is 4.90 Å². The fourth-order valence-corrected chi connectivity index (χ4v) is 3.56. The molecule has 5 nitrogen and oxygen atoms in total. The Bertz CT molecular complexity index is 581. The first-order valence-electron chi connectivity index (χ1n) is 8.56. The Morgan fingerprint density at radius 1 is 1.26 bits per heavy atom. The number of rotatable bonds is 2. The topological polar surface area (TPSA) is 61.4 Å². The molecule has 1 saturated carbocycles. The van der Waals surface area contributed by atoms with Gasteiger partial charge in [0.05, 0.1) is 0 Å². The summed E-state index contributed by atoms with van der Waals surface area (Å²) in [5.74, 6) is -0.0966. The van der Waals surface area contributed by atoms with E-state index in [0.717, 1.165) is 24.0 Å². The molecule has 0 spiro atoms. The summed E-state index contributed by atoms with van der Waals surface area (Å²) in [5, 5.41) is 6.01. The van der Waals surface area contributed by atoms with Crippen LogP contribution in [0.5, 0.6) is 0 Å². The average Bonchev–Trinajstić information content (AvgIpc) is 2.55. The minimum Gasteiger partial charge on any atom is -0.352 e. The molecule has 1 aromatic carbocycles. The number of benzene rings is 1. The molecule has 2 aliphatic rings. The van der Waals surface area contributed by atoms with Crippen molar-refractivity contribution in [3.8, 4) is 0 Å². The van der Waals surface area contributed by atoms with Gasteiger partial charge in [0.15, 0.2) is 0 Å². The van der Waals surface area contributed by atoms with Gasteiger partial charge >= 0.3 is 6.03 Å². The number of nitrogens with zero attached hydrogens (tertiary/aromatic N) is 1. The second-order valence-electron chi connectivity index (χ2n) is 6.59. The van der Waals surface area contributed by atoms with E-state index >= 15 is 0 Å². The molecular weight excluding hydrogens is 290 g/mol. The van der Waals surface area contributed by atoms with Gasteiger partial charge in [0.2, 0.25) is 5.91 Å². The highest BCUT2D eigenvalue weighted by Crippen LogP contribution is 2.25. The zero-order chi connectivity index (χ0) is 16.2. The SMILES string of the molecule is Cc1cccc(C2C(=O)NCCN2C(=O)NC2CCCCC2)c1. The van der Waals surface area contributed by atoms with E-state index in [2.05, 4.69) is 10.6 Å². The largest absolute Gasteiger partial charge is 0.352 e. The van der Waals surface area contributed by atoms with Crippen molar-refractivity contribution in [3.05, 3.63) is 35.4 Å². The van der Waals surface area contributed by atoms with Crippen molar-refractivity contribution in [2.75, 3.05) is 13.1 Å². The van der Waals surface area contributed by atoms with Crippen LogP contribution in [0.4, 0.5) is 4.79 Å². The van der Waals surface area contributed by atoms with E-state index in [0.29, 0.717) is 13.1 Å². The van der Waals surface area contributed by atoms with Crippen LogP contribution in [-0.2, 0) is 4.79 Å². The Kier molecular flexibility index (Phi) is 4.84. The van der Waals surface area contributed by atoms with Gasteiger partial charge in [-0.05, 0) is 25.3 Å². The molecule has 0 aromatic heterocycles. The Labute approximate surface area is 137 Å².